The molecule has 2 rings (SSSR count). The van der Waals surface area contributed by atoms with Crippen molar-refractivity contribution in [3.8, 4) is 0 Å². The van der Waals surface area contributed by atoms with Gasteiger partial charge in [-0.25, -0.2) is 12.8 Å². The number of hydrogen-bond acceptors (Lipinski definition) is 3. The Morgan fingerprint density at radius 3 is 2.60 bits per heavy atom. The van der Waals surface area contributed by atoms with Gasteiger partial charge in [-0.1, -0.05) is 11.6 Å². The summed E-state index contributed by atoms with van der Waals surface area (Å²) in [6.07, 6.45) is 1.36. The molecule has 108 valence electrons. The fraction of sp³-hybridized carbons (Fsp3) is 0.167. The first kappa shape index (κ1) is 14.8. The maximum Gasteiger partial charge on any atom is 0.263 e. The lowest BCUT2D eigenvalue weighted by molar-refractivity contribution is 0.272. The minimum atomic E-state index is -3.87. The molecule has 0 aliphatic rings. The number of hydrogen-bond donors (Lipinski definition) is 2. The Balaban J connectivity index is 2.35. The second-order valence-electron chi connectivity index (χ2n) is 4.20. The van der Waals surface area contributed by atoms with Crippen molar-refractivity contribution in [2.45, 2.75) is 11.5 Å². The van der Waals surface area contributed by atoms with Crippen LogP contribution >= 0.6 is 11.6 Å². The SMILES string of the molecule is Cn1cc(S(=O)(=O)Nc2cc(F)cc(Cl)c2)cc1CO. The van der Waals surface area contributed by atoms with Gasteiger partial charge in [-0.15, -0.1) is 0 Å². The summed E-state index contributed by atoms with van der Waals surface area (Å²) in [5, 5.41) is 9.15. The highest BCUT2D eigenvalue weighted by atomic mass is 35.5. The zero-order chi connectivity index (χ0) is 14.9. The van der Waals surface area contributed by atoms with Gasteiger partial charge in [-0.05, 0) is 24.3 Å². The van der Waals surface area contributed by atoms with Gasteiger partial charge in [0.05, 0.1) is 12.3 Å². The standard InChI is InChI=1S/C12H12ClFN2O3S/c1-16-6-12(5-11(16)7-17)20(18,19)15-10-3-8(13)2-9(14)4-10/h2-6,15,17H,7H2,1H3. The Hall–Kier alpha value is -1.57. The summed E-state index contributed by atoms with van der Waals surface area (Å²) in [6, 6.07) is 4.74. The number of anilines is 1. The van der Waals surface area contributed by atoms with E-state index in [1.807, 2.05) is 0 Å². The minimum Gasteiger partial charge on any atom is -0.390 e. The quantitative estimate of drug-likeness (QED) is 0.907. The number of sulfonamides is 1. The van der Waals surface area contributed by atoms with E-state index >= 15 is 0 Å². The number of halogens is 2. The average molecular weight is 319 g/mol. The van der Waals surface area contributed by atoms with E-state index in [-0.39, 0.29) is 22.2 Å². The van der Waals surface area contributed by atoms with Crippen LogP contribution in [-0.2, 0) is 23.7 Å². The zero-order valence-electron chi connectivity index (χ0n) is 10.5. The van der Waals surface area contributed by atoms with Gasteiger partial charge in [0.1, 0.15) is 10.7 Å². The molecular weight excluding hydrogens is 307 g/mol. The smallest absolute Gasteiger partial charge is 0.263 e. The Bertz CT molecular complexity index is 723. The van der Waals surface area contributed by atoms with Crippen LogP contribution in [0.15, 0.2) is 35.4 Å². The van der Waals surface area contributed by atoms with Crippen molar-refractivity contribution in [1.82, 2.24) is 4.57 Å². The maximum absolute atomic E-state index is 13.2. The maximum atomic E-state index is 13.2. The lowest BCUT2D eigenvalue weighted by Gasteiger charge is -2.07. The van der Waals surface area contributed by atoms with Gasteiger partial charge < -0.3 is 9.67 Å². The lowest BCUT2D eigenvalue weighted by Crippen LogP contribution is -2.12. The molecule has 0 aliphatic carbocycles. The number of aryl methyl sites for hydroxylation is 1. The summed E-state index contributed by atoms with van der Waals surface area (Å²) in [4.78, 5) is -0.0237. The molecule has 20 heavy (non-hydrogen) atoms. The number of aliphatic hydroxyl groups is 1. The molecule has 0 unspecified atom stereocenters. The van der Waals surface area contributed by atoms with Crippen molar-refractivity contribution in [2.75, 3.05) is 4.72 Å². The van der Waals surface area contributed by atoms with Crippen molar-refractivity contribution < 1.29 is 17.9 Å². The Morgan fingerprint density at radius 2 is 2.05 bits per heavy atom. The largest absolute Gasteiger partial charge is 0.390 e. The molecule has 0 aliphatic heterocycles. The Labute approximate surface area is 120 Å². The van der Waals surface area contributed by atoms with E-state index in [4.69, 9.17) is 16.7 Å². The van der Waals surface area contributed by atoms with E-state index in [9.17, 15) is 12.8 Å². The molecule has 2 N–H and O–H groups in total. The van der Waals surface area contributed by atoms with Crippen molar-refractivity contribution in [1.29, 1.82) is 0 Å². The number of benzene rings is 1. The summed E-state index contributed by atoms with van der Waals surface area (Å²) < 4.78 is 41.2. The van der Waals surface area contributed by atoms with E-state index in [0.717, 1.165) is 12.1 Å². The molecule has 8 heteroatoms. The van der Waals surface area contributed by atoms with Crippen LogP contribution in [0.3, 0.4) is 0 Å². The molecule has 1 heterocycles. The van der Waals surface area contributed by atoms with Crippen LogP contribution in [0.5, 0.6) is 0 Å². The first-order valence-electron chi connectivity index (χ1n) is 5.57. The van der Waals surface area contributed by atoms with Crippen LogP contribution in [0.4, 0.5) is 10.1 Å². The first-order valence-corrected chi connectivity index (χ1v) is 7.43. The van der Waals surface area contributed by atoms with Gasteiger partial charge in [0.15, 0.2) is 0 Å². The summed E-state index contributed by atoms with van der Waals surface area (Å²) in [6.45, 7) is -0.280. The van der Waals surface area contributed by atoms with Crippen molar-refractivity contribution >= 4 is 27.3 Å². The van der Waals surface area contributed by atoms with Gasteiger partial charge in [0.25, 0.3) is 10.0 Å². The van der Waals surface area contributed by atoms with Gasteiger partial charge in [0, 0.05) is 24.0 Å². The van der Waals surface area contributed by atoms with Crippen LogP contribution in [-0.4, -0.2) is 18.1 Å². The molecule has 0 atom stereocenters. The Morgan fingerprint density at radius 1 is 1.35 bits per heavy atom. The Kier molecular flexibility index (Phi) is 4.03. The minimum absolute atomic E-state index is 0.0237. The van der Waals surface area contributed by atoms with E-state index < -0.39 is 15.8 Å². The molecule has 0 saturated carbocycles. The molecular formula is C12H12ClFN2O3S. The van der Waals surface area contributed by atoms with E-state index in [0.29, 0.717) is 5.69 Å². The van der Waals surface area contributed by atoms with Gasteiger partial charge in [-0.2, -0.15) is 0 Å². The van der Waals surface area contributed by atoms with Crippen molar-refractivity contribution in [2.24, 2.45) is 7.05 Å². The van der Waals surface area contributed by atoms with Crippen LogP contribution in [0.1, 0.15) is 5.69 Å². The fourth-order valence-corrected chi connectivity index (χ4v) is 3.06. The molecule has 0 amide bonds. The molecule has 1 aromatic carbocycles. The van der Waals surface area contributed by atoms with Crippen LogP contribution in [0, 0.1) is 5.82 Å². The second-order valence-corrected chi connectivity index (χ2v) is 6.32. The van der Waals surface area contributed by atoms with Crippen LogP contribution in [0.2, 0.25) is 5.02 Å². The van der Waals surface area contributed by atoms with E-state index in [1.54, 1.807) is 7.05 Å². The molecule has 0 bridgehead atoms. The normalized spacial score (nSPS) is 11.6. The third kappa shape index (κ3) is 3.12. The topological polar surface area (TPSA) is 71.3 Å². The zero-order valence-corrected chi connectivity index (χ0v) is 12.0. The monoisotopic (exact) mass is 318 g/mol. The first-order chi connectivity index (χ1) is 9.31. The number of nitrogens with one attached hydrogen (secondary N) is 1. The third-order valence-corrected chi connectivity index (χ3v) is 4.24. The molecule has 2 aromatic rings. The predicted molar refractivity (Wildman–Crippen MR) is 73.6 cm³/mol. The van der Waals surface area contributed by atoms with Crippen LogP contribution in [0.25, 0.3) is 0 Å². The van der Waals surface area contributed by atoms with E-state index in [2.05, 4.69) is 4.72 Å². The van der Waals surface area contributed by atoms with Crippen molar-refractivity contribution in [3.63, 3.8) is 0 Å². The molecule has 5 nitrogen and oxygen atoms in total. The lowest BCUT2D eigenvalue weighted by atomic mass is 10.3. The molecule has 0 radical (unpaired) electrons. The van der Waals surface area contributed by atoms with Gasteiger partial charge in [0.2, 0.25) is 0 Å². The number of aliphatic hydroxyl groups excluding tert-OH is 1. The fourth-order valence-electron chi connectivity index (χ4n) is 1.71. The van der Waals surface area contributed by atoms with Gasteiger partial charge in [-0.3, -0.25) is 4.72 Å². The highest BCUT2D eigenvalue weighted by Crippen LogP contribution is 2.22. The van der Waals surface area contributed by atoms with Crippen molar-refractivity contribution in [3.05, 3.63) is 47.0 Å². The number of nitrogens with zero attached hydrogens (tertiary/aromatic N) is 1. The van der Waals surface area contributed by atoms with Crippen LogP contribution < -0.4 is 4.72 Å². The highest BCUT2D eigenvalue weighted by Gasteiger charge is 2.18. The number of rotatable bonds is 4. The summed E-state index contributed by atoms with van der Waals surface area (Å²) in [5.74, 6) is -0.640. The summed E-state index contributed by atoms with van der Waals surface area (Å²) in [7, 11) is -2.25. The average Bonchev–Trinajstić information content (AvgIpc) is 2.69. The van der Waals surface area contributed by atoms with E-state index in [1.165, 1.54) is 22.9 Å². The second kappa shape index (κ2) is 5.43. The summed E-state index contributed by atoms with van der Waals surface area (Å²) >= 11 is 5.66. The highest BCUT2D eigenvalue weighted by molar-refractivity contribution is 7.92. The molecule has 0 saturated heterocycles. The molecule has 0 spiro atoms. The molecule has 0 fully saturated rings. The predicted octanol–water partition coefficient (Wildman–Crippen LogP) is 2.11. The summed E-state index contributed by atoms with van der Waals surface area (Å²) in [5.41, 5.74) is 0.479. The van der Waals surface area contributed by atoms with Gasteiger partial charge >= 0.3 is 0 Å². The third-order valence-electron chi connectivity index (χ3n) is 2.67. The number of aromatic nitrogens is 1. The molecule has 1 aromatic heterocycles.